The first-order chi connectivity index (χ1) is 10.1. The highest BCUT2D eigenvalue weighted by atomic mass is 16.2. The van der Waals surface area contributed by atoms with Crippen LogP contribution in [0.4, 0.5) is 0 Å². The second-order valence-corrected chi connectivity index (χ2v) is 5.33. The van der Waals surface area contributed by atoms with E-state index in [0.717, 1.165) is 11.1 Å². The Hall–Kier alpha value is -2.13. The van der Waals surface area contributed by atoms with Gasteiger partial charge in [0.2, 0.25) is 5.91 Å². The molecule has 2 aromatic rings. The molecule has 0 aromatic heterocycles. The van der Waals surface area contributed by atoms with E-state index in [9.17, 15) is 4.79 Å². The Labute approximate surface area is 126 Å². The summed E-state index contributed by atoms with van der Waals surface area (Å²) >= 11 is 0. The molecule has 0 bridgehead atoms. The first kappa shape index (κ1) is 15.3. The highest BCUT2D eigenvalue weighted by Gasteiger charge is 2.14. The number of benzene rings is 2. The summed E-state index contributed by atoms with van der Waals surface area (Å²) in [5, 5.41) is 0. The highest BCUT2D eigenvalue weighted by molar-refractivity contribution is 5.79. The number of likely N-dealkylation sites (N-methyl/N-ethyl adjacent to an activating group) is 1. The monoisotopic (exact) mass is 282 g/mol. The van der Waals surface area contributed by atoms with E-state index < -0.39 is 0 Å². The zero-order valence-corrected chi connectivity index (χ0v) is 12.6. The molecule has 0 aliphatic rings. The Kier molecular flexibility index (Phi) is 5.12. The fourth-order valence-corrected chi connectivity index (χ4v) is 2.15. The van der Waals surface area contributed by atoms with Crippen LogP contribution in [0.3, 0.4) is 0 Å². The largest absolute Gasteiger partial charge is 0.341 e. The van der Waals surface area contributed by atoms with Crippen LogP contribution in [0.1, 0.15) is 12.5 Å². The third-order valence-electron chi connectivity index (χ3n) is 3.81. The molecule has 0 spiro atoms. The minimum Gasteiger partial charge on any atom is -0.341 e. The van der Waals surface area contributed by atoms with Crippen LogP contribution in [-0.2, 0) is 11.2 Å². The van der Waals surface area contributed by atoms with Gasteiger partial charge < -0.3 is 10.6 Å². The second-order valence-electron chi connectivity index (χ2n) is 5.33. The van der Waals surface area contributed by atoms with Crippen molar-refractivity contribution in [2.75, 3.05) is 13.6 Å². The number of rotatable bonds is 5. The molecule has 0 aliphatic heterocycles. The number of carbonyl (C=O) groups is 1. The molecule has 1 amide bonds. The van der Waals surface area contributed by atoms with Gasteiger partial charge in [-0.05, 0) is 23.6 Å². The first-order valence-electron chi connectivity index (χ1n) is 7.22. The maximum atomic E-state index is 12.1. The molecule has 0 heterocycles. The Balaban J connectivity index is 2.05. The van der Waals surface area contributed by atoms with Gasteiger partial charge in [0.1, 0.15) is 0 Å². The van der Waals surface area contributed by atoms with Gasteiger partial charge in [-0.1, -0.05) is 54.6 Å². The summed E-state index contributed by atoms with van der Waals surface area (Å²) in [6, 6.07) is 18.4. The van der Waals surface area contributed by atoms with Gasteiger partial charge in [0.25, 0.3) is 0 Å². The van der Waals surface area contributed by atoms with E-state index in [2.05, 4.69) is 24.3 Å². The minimum absolute atomic E-state index is 0.0705. The van der Waals surface area contributed by atoms with Crippen molar-refractivity contribution in [1.82, 2.24) is 4.90 Å². The lowest BCUT2D eigenvalue weighted by atomic mass is 10.0. The Morgan fingerprint density at radius 2 is 1.62 bits per heavy atom. The molecule has 0 saturated carbocycles. The van der Waals surface area contributed by atoms with E-state index >= 15 is 0 Å². The topological polar surface area (TPSA) is 46.3 Å². The third kappa shape index (κ3) is 3.92. The van der Waals surface area contributed by atoms with Crippen molar-refractivity contribution in [1.29, 1.82) is 0 Å². The zero-order valence-electron chi connectivity index (χ0n) is 12.6. The molecule has 0 aliphatic carbocycles. The summed E-state index contributed by atoms with van der Waals surface area (Å²) in [6.07, 6.45) is 0.413. The minimum atomic E-state index is 0.0705. The highest BCUT2D eigenvalue weighted by Crippen LogP contribution is 2.19. The average molecular weight is 282 g/mol. The van der Waals surface area contributed by atoms with Crippen molar-refractivity contribution in [3.8, 4) is 11.1 Å². The lowest BCUT2D eigenvalue weighted by molar-refractivity contribution is -0.130. The van der Waals surface area contributed by atoms with Crippen LogP contribution in [-0.4, -0.2) is 30.4 Å². The molecule has 0 radical (unpaired) electrons. The number of nitrogens with two attached hydrogens (primary N) is 1. The van der Waals surface area contributed by atoms with E-state index in [1.54, 1.807) is 11.9 Å². The predicted octanol–water partition coefficient (Wildman–Crippen LogP) is 2.70. The molecular weight excluding hydrogens is 260 g/mol. The van der Waals surface area contributed by atoms with Crippen LogP contribution in [0.5, 0.6) is 0 Å². The van der Waals surface area contributed by atoms with Crippen molar-refractivity contribution in [2.45, 2.75) is 19.4 Å². The first-order valence-corrected chi connectivity index (χ1v) is 7.22. The molecular formula is C18H22N2O. The van der Waals surface area contributed by atoms with Crippen LogP contribution in [0.2, 0.25) is 0 Å². The van der Waals surface area contributed by atoms with Gasteiger partial charge >= 0.3 is 0 Å². The van der Waals surface area contributed by atoms with Crippen molar-refractivity contribution in [2.24, 2.45) is 5.73 Å². The zero-order chi connectivity index (χ0) is 15.2. The molecule has 1 atom stereocenters. The van der Waals surface area contributed by atoms with Crippen LogP contribution in [0, 0.1) is 0 Å². The molecule has 2 N–H and O–H groups in total. The van der Waals surface area contributed by atoms with Gasteiger partial charge in [0.05, 0.1) is 6.42 Å². The molecule has 2 aromatic carbocycles. The maximum Gasteiger partial charge on any atom is 0.227 e. The molecule has 1 unspecified atom stereocenters. The molecule has 0 fully saturated rings. The van der Waals surface area contributed by atoms with Crippen LogP contribution in [0.25, 0.3) is 11.1 Å². The van der Waals surface area contributed by atoms with Gasteiger partial charge in [-0.3, -0.25) is 4.79 Å². The quantitative estimate of drug-likeness (QED) is 0.916. The van der Waals surface area contributed by atoms with E-state index in [0.29, 0.717) is 13.0 Å². The summed E-state index contributed by atoms with van der Waals surface area (Å²) in [5.41, 5.74) is 8.97. The summed E-state index contributed by atoms with van der Waals surface area (Å²) in [6.45, 7) is 2.44. The number of amides is 1. The second kappa shape index (κ2) is 7.04. The fourth-order valence-electron chi connectivity index (χ4n) is 2.15. The van der Waals surface area contributed by atoms with Crippen molar-refractivity contribution in [3.63, 3.8) is 0 Å². The summed E-state index contributed by atoms with van der Waals surface area (Å²) in [5.74, 6) is 0.0976. The molecule has 3 nitrogen and oxygen atoms in total. The summed E-state index contributed by atoms with van der Waals surface area (Å²) < 4.78 is 0. The number of hydrogen-bond donors (Lipinski definition) is 1. The number of hydrogen-bond acceptors (Lipinski definition) is 2. The number of carbonyl (C=O) groups excluding carboxylic acids is 1. The normalized spacial score (nSPS) is 12.0. The van der Waals surface area contributed by atoms with Gasteiger partial charge in [0, 0.05) is 19.6 Å². The van der Waals surface area contributed by atoms with Crippen molar-refractivity contribution >= 4 is 5.91 Å². The van der Waals surface area contributed by atoms with Crippen LogP contribution in [0.15, 0.2) is 54.6 Å². The van der Waals surface area contributed by atoms with Gasteiger partial charge in [-0.2, -0.15) is 0 Å². The van der Waals surface area contributed by atoms with Gasteiger partial charge in [-0.15, -0.1) is 0 Å². The Morgan fingerprint density at radius 1 is 1.05 bits per heavy atom. The van der Waals surface area contributed by atoms with Crippen molar-refractivity contribution < 1.29 is 4.79 Å². The smallest absolute Gasteiger partial charge is 0.227 e. The average Bonchev–Trinajstić information content (AvgIpc) is 2.54. The third-order valence-corrected chi connectivity index (χ3v) is 3.81. The summed E-state index contributed by atoms with van der Waals surface area (Å²) in [4.78, 5) is 13.9. The fraction of sp³-hybridized carbons (Fsp3) is 0.278. The van der Waals surface area contributed by atoms with E-state index in [-0.39, 0.29) is 11.9 Å². The summed E-state index contributed by atoms with van der Waals surface area (Å²) in [7, 11) is 1.80. The lowest BCUT2D eigenvalue weighted by Crippen LogP contribution is -2.40. The molecule has 3 heteroatoms. The molecule has 110 valence electrons. The van der Waals surface area contributed by atoms with Crippen molar-refractivity contribution in [3.05, 3.63) is 60.2 Å². The van der Waals surface area contributed by atoms with E-state index in [1.165, 1.54) is 5.56 Å². The Bertz CT molecular complexity index is 578. The van der Waals surface area contributed by atoms with E-state index in [4.69, 9.17) is 5.73 Å². The molecule has 21 heavy (non-hydrogen) atoms. The Morgan fingerprint density at radius 3 is 2.19 bits per heavy atom. The maximum absolute atomic E-state index is 12.1. The van der Waals surface area contributed by atoms with Gasteiger partial charge in [0.15, 0.2) is 0 Å². The predicted molar refractivity (Wildman–Crippen MR) is 86.9 cm³/mol. The molecule has 2 rings (SSSR count). The van der Waals surface area contributed by atoms with Crippen LogP contribution >= 0.6 is 0 Å². The molecule has 0 saturated heterocycles. The van der Waals surface area contributed by atoms with Gasteiger partial charge in [-0.25, -0.2) is 0 Å². The lowest BCUT2D eigenvalue weighted by Gasteiger charge is -2.23. The standard InChI is InChI=1S/C18H22N2O/c1-14(13-19)20(2)18(21)12-15-8-10-17(11-9-15)16-6-4-3-5-7-16/h3-11,14H,12-13,19H2,1-2H3. The SMILES string of the molecule is CC(CN)N(C)C(=O)Cc1ccc(-c2ccccc2)cc1. The number of nitrogens with zero attached hydrogens (tertiary/aromatic N) is 1. The van der Waals surface area contributed by atoms with E-state index in [1.807, 2.05) is 37.3 Å². The van der Waals surface area contributed by atoms with Crippen LogP contribution < -0.4 is 5.73 Å².